The van der Waals surface area contributed by atoms with Crippen LogP contribution in [-0.4, -0.2) is 41.3 Å². The summed E-state index contributed by atoms with van der Waals surface area (Å²) in [5.74, 6) is 0.524. The zero-order valence-electron chi connectivity index (χ0n) is 12.7. The lowest BCUT2D eigenvalue weighted by molar-refractivity contribution is 0.216. The number of likely N-dealkylation sites (N-methyl/N-ethyl adjacent to an activating group) is 1. The van der Waals surface area contributed by atoms with Gasteiger partial charge in [0, 0.05) is 18.2 Å². The lowest BCUT2D eigenvalue weighted by Crippen LogP contribution is -2.28. The molecule has 118 valence electrons. The van der Waals surface area contributed by atoms with Gasteiger partial charge in [-0.1, -0.05) is 43.1 Å². The van der Waals surface area contributed by atoms with Gasteiger partial charge < -0.3 is 9.64 Å². The van der Waals surface area contributed by atoms with Gasteiger partial charge in [0.1, 0.15) is 6.61 Å². The Morgan fingerprint density at radius 2 is 1.77 bits per heavy atom. The summed E-state index contributed by atoms with van der Waals surface area (Å²) in [5, 5.41) is 9.28. The predicted molar refractivity (Wildman–Crippen MR) is 90.8 cm³/mol. The summed E-state index contributed by atoms with van der Waals surface area (Å²) in [6, 6.07) is 9.05. The molecule has 0 aliphatic rings. The Morgan fingerprint density at radius 3 is 2.36 bits per heavy atom. The van der Waals surface area contributed by atoms with E-state index in [1.54, 1.807) is 12.1 Å². The van der Waals surface area contributed by atoms with E-state index in [1.807, 2.05) is 18.2 Å². The summed E-state index contributed by atoms with van der Waals surface area (Å²) in [6.45, 7) is 7.78. The van der Waals surface area contributed by atoms with Crippen LogP contribution in [0.4, 0.5) is 0 Å². The zero-order chi connectivity index (χ0) is 15.9. The fraction of sp³-hybridized carbons (Fsp3) is 0.375. The van der Waals surface area contributed by atoms with Gasteiger partial charge >= 0.3 is 0 Å². The van der Waals surface area contributed by atoms with E-state index in [1.165, 1.54) is 0 Å². The Kier molecular flexibility index (Phi) is 6.43. The van der Waals surface area contributed by atoms with E-state index in [0.717, 1.165) is 30.9 Å². The van der Waals surface area contributed by atoms with Crippen LogP contribution in [-0.2, 0) is 0 Å². The number of aromatic nitrogens is 2. The first-order chi connectivity index (χ1) is 10.6. The molecule has 4 nitrogen and oxygen atoms in total. The third-order valence-electron chi connectivity index (χ3n) is 3.41. The van der Waals surface area contributed by atoms with E-state index < -0.39 is 0 Å². The lowest BCUT2D eigenvalue weighted by Gasteiger charge is -2.17. The maximum Gasteiger partial charge on any atom is 0.233 e. The van der Waals surface area contributed by atoms with Crippen molar-refractivity contribution >= 4 is 23.2 Å². The van der Waals surface area contributed by atoms with Crippen molar-refractivity contribution in [1.29, 1.82) is 0 Å². The third-order valence-corrected chi connectivity index (χ3v) is 4.15. The van der Waals surface area contributed by atoms with Crippen LogP contribution in [0.15, 0.2) is 30.3 Å². The van der Waals surface area contributed by atoms with Gasteiger partial charge in [0.25, 0.3) is 0 Å². The van der Waals surface area contributed by atoms with E-state index >= 15 is 0 Å². The van der Waals surface area contributed by atoms with Gasteiger partial charge in [-0.25, -0.2) is 0 Å². The number of benzene rings is 1. The molecule has 0 aliphatic carbocycles. The fourth-order valence-corrected chi connectivity index (χ4v) is 2.32. The Labute approximate surface area is 141 Å². The highest BCUT2D eigenvalue weighted by atomic mass is 35.5. The van der Waals surface area contributed by atoms with Crippen LogP contribution in [0.3, 0.4) is 0 Å². The molecule has 2 aromatic rings. The van der Waals surface area contributed by atoms with Gasteiger partial charge in [-0.2, -0.15) is 0 Å². The van der Waals surface area contributed by atoms with Gasteiger partial charge in [0.05, 0.1) is 15.7 Å². The van der Waals surface area contributed by atoms with Crippen molar-refractivity contribution in [2.45, 2.75) is 13.8 Å². The second-order valence-electron chi connectivity index (χ2n) is 4.76. The van der Waals surface area contributed by atoms with E-state index in [2.05, 4.69) is 28.9 Å². The molecule has 0 saturated heterocycles. The van der Waals surface area contributed by atoms with Gasteiger partial charge in [-0.3, -0.25) is 0 Å². The summed E-state index contributed by atoms with van der Waals surface area (Å²) < 4.78 is 5.61. The van der Waals surface area contributed by atoms with Crippen molar-refractivity contribution in [1.82, 2.24) is 15.1 Å². The van der Waals surface area contributed by atoms with Gasteiger partial charge in [-0.15, -0.1) is 10.2 Å². The molecule has 0 unspecified atom stereocenters. The minimum absolute atomic E-state index is 0.500. The molecule has 22 heavy (non-hydrogen) atoms. The maximum absolute atomic E-state index is 6.01. The number of nitrogens with zero attached hydrogens (tertiary/aromatic N) is 3. The molecule has 0 N–H and O–H groups in total. The highest BCUT2D eigenvalue weighted by molar-refractivity contribution is 6.42. The number of ether oxygens (including phenoxy) is 1. The zero-order valence-corrected chi connectivity index (χ0v) is 14.2. The molecule has 0 saturated carbocycles. The Morgan fingerprint density at radius 1 is 1.00 bits per heavy atom. The van der Waals surface area contributed by atoms with Gasteiger partial charge in [0.15, 0.2) is 0 Å². The average molecular weight is 340 g/mol. The molecule has 0 aliphatic heterocycles. The summed E-state index contributed by atoms with van der Waals surface area (Å²) in [7, 11) is 0. The van der Waals surface area contributed by atoms with Crippen LogP contribution >= 0.6 is 23.2 Å². The van der Waals surface area contributed by atoms with Crippen molar-refractivity contribution in [3.8, 4) is 17.1 Å². The number of halogens is 2. The SMILES string of the molecule is CCN(CC)CCOc1ccc(-c2ccc(Cl)c(Cl)c2)nn1. The van der Waals surface area contributed by atoms with Crippen LogP contribution in [0.25, 0.3) is 11.3 Å². The predicted octanol–water partition coefficient (Wildman–Crippen LogP) is 4.17. The standard InChI is InChI=1S/C16H19Cl2N3O/c1-3-21(4-2)9-10-22-16-8-7-15(19-20-16)12-5-6-13(17)14(18)11-12/h5-8,11H,3-4,9-10H2,1-2H3. The first-order valence-corrected chi connectivity index (χ1v) is 8.04. The monoisotopic (exact) mass is 339 g/mol. The second-order valence-corrected chi connectivity index (χ2v) is 5.58. The van der Waals surface area contributed by atoms with Crippen LogP contribution < -0.4 is 4.74 Å². The quantitative estimate of drug-likeness (QED) is 0.758. The van der Waals surface area contributed by atoms with Crippen molar-refractivity contribution in [3.63, 3.8) is 0 Å². The molecule has 2 rings (SSSR count). The molecule has 1 aromatic carbocycles. The first kappa shape index (κ1) is 17.0. The van der Waals surface area contributed by atoms with Gasteiger partial charge in [-0.05, 0) is 31.3 Å². The summed E-state index contributed by atoms with van der Waals surface area (Å²) >= 11 is 11.9. The largest absolute Gasteiger partial charge is 0.475 e. The fourth-order valence-electron chi connectivity index (χ4n) is 2.03. The van der Waals surface area contributed by atoms with E-state index in [0.29, 0.717) is 22.5 Å². The number of rotatable bonds is 7. The van der Waals surface area contributed by atoms with Crippen LogP contribution in [0.1, 0.15) is 13.8 Å². The van der Waals surface area contributed by atoms with E-state index in [-0.39, 0.29) is 0 Å². The van der Waals surface area contributed by atoms with E-state index in [4.69, 9.17) is 27.9 Å². The van der Waals surface area contributed by atoms with Crippen molar-refractivity contribution < 1.29 is 4.74 Å². The highest BCUT2D eigenvalue weighted by Crippen LogP contribution is 2.27. The smallest absolute Gasteiger partial charge is 0.233 e. The molecule has 0 atom stereocenters. The van der Waals surface area contributed by atoms with Crippen molar-refractivity contribution in [3.05, 3.63) is 40.4 Å². The summed E-state index contributed by atoms with van der Waals surface area (Å²) in [4.78, 5) is 2.29. The highest BCUT2D eigenvalue weighted by Gasteiger charge is 2.05. The number of hydrogen-bond acceptors (Lipinski definition) is 4. The minimum atomic E-state index is 0.500. The second kappa shape index (κ2) is 8.32. The molecule has 1 heterocycles. The lowest BCUT2D eigenvalue weighted by atomic mass is 10.1. The topological polar surface area (TPSA) is 38.2 Å². The molecular weight excluding hydrogens is 321 g/mol. The maximum atomic E-state index is 6.01. The molecule has 0 spiro atoms. The van der Waals surface area contributed by atoms with Crippen LogP contribution in [0.5, 0.6) is 5.88 Å². The van der Waals surface area contributed by atoms with Crippen molar-refractivity contribution in [2.24, 2.45) is 0 Å². The molecule has 0 amide bonds. The minimum Gasteiger partial charge on any atom is -0.475 e. The third kappa shape index (κ3) is 4.57. The van der Waals surface area contributed by atoms with E-state index in [9.17, 15) is 0 Å². The van der Waals surface area contributed by atoms with Crippen LogP contribution in [0.2, 0.25) is 10.0 Å². The first-order valence-electron chi connectivity index (χ1n) is 7.28. The molecule has 0 fully saturated rings. The summed E-state index contributed by atoms with van der Waals surface area (Å²) in [5.41, 5.74) is 1.60. The molecule has 6 heteroatoms. The Bertz CT molecular complexity index is 601. The van der Waals surface area contributed by atoms with Crippen LogP contribution in [0, 0.1) is 0 Å². The average Bonchev–Trinajstić information content (AvgIpc) is 2.55. The normalized spacial score (nSPS) is 11.0. The van der Waals surface area contributed by atoms with Gasteiger partial charge in [0.2, 0.25) is 5.88 Å². The summed E-state index contributed by atoms with van der Waals surface area (Å²) in [6.07, 6.45) is 0. The number of hydrogen-bond donors (Lipinski definition) is 0. The molecule has 0 radical (unpaired) electrons. The Hall–Kier alpha value is -1.36. The molecular formula is C16H19Cl2N3O. The molecule has 1 aromatic heterocycles. The Balaban J connectivity index is 1.96. The van der Waals surface area contributed by atoms with Crippen molar-refractivity contribution in [2.75, 3.05) is 26.2 Å². The molecule has 0 bridgehead atoms.